The minimum absolute atomic E-state index is 0.259. The molecule has 0 amide bonds. The molecule has 0 heterocycles. The largest absolute Gasteiger partial charge is 0.480 e. The molecule has 0 unspecified atom stereocenters. The van der Waals surface area contributed by atoms with E-state index in [0.717, 1.165) is 0 Å². The lowest BCUT2D eigenvalue weighted by atomic mass is 10.1. The highest BCUT2D eigenvalue weighted by molar-refractivity contribution is 7.88. The Bertz CT molecular complexity index is 699. The van der Waals surface area contributed by atoms with Crippen LogP contribution < -0.4 is 4.72 Å². The van der Waals surface area contributed by atoms with E-state index in [0.29, 0.717) is 11.1 Å². The molecule has 2 aromatic carbocycles. The highest BCUT2D eigenvalue weighted by Gasteiger charge is 2.25. The van der Waals surface area contributed by atoms with E-state index >= 15 is 0 Å². The van der Waals surface area contributed by atoms with Crippen LogP contribution in [0.1, 0.15) is 17.2 Å². The van der Waals surface area contributed by atoms with Crippen molar-refractivity contribution in [2.24, 2.45) is 0 Å². The van der Waals surface area contributed by atoms with Crippen LogP contribution in [-0.2, 0) is 20.6 Å². The van der Waals surface area contributed by atoms with Crippen molar-refractivity contribution in [3.8, 4) is 0 Å². The average molecular weight is 305 g/mol. The average Bonchev–Trinajstić information content (AvgIpc) is 2.46. The van der Waals surface area contributed by atoms with Gasteiger partial charge in [-0.1, -0.05) is 60.7 Å². The lowest BCUT2D eigenvalue weighted by Crippen LogP contribution is -2.34. The van der Waals surface area contributed by atoms with Crippen LogP contribution in [0.15, 0.2) is 60.7 Å². The third-order valence-electron chi connectivity index (χ3n) is 2.88. The predicted molar refractivity (Wildman–Crippen MR) is 79.0 cm³/mol. The predicted octanol–water partition coefficient (Wildman–Crippen LogP) is 1.93. The molecule has 1 atom stereocenters. The first kappa shape index (κ1) is 15.2. The van der Waals surface area contributed by atoms with Crippen LogP contribution in [0.2, 0.25) is 0 Å². The molecule has 0 aliphatic rings. The van der Waals surface area contributed by atoms with E-state index in [9.17, 15) is 18.3 Å². The number of carbonyl (C=O) groups is 1. The number of hydrogen-bond acceptors (Lipinski definition) is 3. The molecule has 0 aliphatic carbocycles. The number of hydrogen-bond donors (Lipinski definition) is 2. The van der Waals surface area contributed by atoms with Gasteiger partial charge in [0.1, 0.15) is 6.04 Å². The van der Waals surface area contributed by atoms with Gasteiger partial charge >= 0.3 is 5.97 Å². The molecule has 0 fully saturated rings. The molecule has 2 rings (SSSR count). The number of rotatable bonds is 6. The minimum atomic E-state index is -3.76. The fourth-order valence-electron chi connectivity index (χ4n) is 1.92. The van der Waals surface area contributed by atoms with Crippen LogP contribution in [-0.4, -0.2) is 19.5 Å². The lowest BCUT2D eigenvalue weighted by Gasteiger charge is -2.15. The molecular formula is C15H15NO4S. The topological polar surface area (TPSA) is 83.5 Å². The number of aliphatic carboxylic acids is 1. The number of sulfonamides is 1. The third kappa shape index (κ3) is 4.40. The molecule has 6 heteroatoms. The summed E-state index contributed by atoms with van der Waals surface area (Å²) in [6.45, 7) is 0. The second kappa shape index (κ2) is 6.51. The van der Waals surface area contributed by atoms with Crippen LogP contribution in [0.5, 0.6) is 0 Å². The van der Waals surface area contributed by atoms with Crippen molar-refractivity contribution in [2.45, 2.75) is 11.8 Å². The number of benzene rings is 2. The highest BCUT2D eigenvalue weighted by Crippen LogP contribution is 2.15. The van der Waals surface area contributed by atoms with Gasteiger partial charge in [0.05, 0.1) is 5.75 Å². The van der Waals surface area contributed by atoms with Crippen LogP contribution in [0.4, 0.5) is 0 Å². The molecule has 110 valence electrons. The molecule has 5 nitrogen and oxygen atoms in total. The fraction of sp³-hybridized carbons (Fsp3) is 0.133. The smallest absolute Gasteiger partial charge is 0.326 e. The summed E-state index contributed by atoms with van der Waals surface area (Å²) in [5.41, 5.74) is 0.990. The molecule has 0 saturated carbocycles. The standard InChI is InChI=1S/C15H15NO4S/c17-15(18)14(13-9-5-2-6-10-13)16-21(19,20)11-12-7-3-1-4-8-12/h1-10,14,16H,11H2,(H,17,18)/t14-/m1/s1. The zero-order valence-electron chi connectivity index (χ0n) is 11.1. The quantitative estimate of drug-likeness (QED) is 0.854. The van der Waals surface area contributed by atoms with Gasteiger partial charge in [-0.15, -0.1) is 0 Å². The summed E-state index contributed by atoms with van der Waals surface area (Å²) in [6, 6.07) is 15.5. The Balaban J connectivity index is 2.19. The fourth-order valence-corrected chi connectivity index (χ4v) is 3.23. The number of carboxylic acids is 1. The minimum Gasteiger partial charge on any atom is -0.480 e. The first-order valence-corrected chi connectivity index (χ1v) is 7.95. The normalized spacial score (nSPS) is 12.8. The number of carboxylic acid groups (broad SMARTS) is 1. The SMILES string of the molecule is O=C(O)[C@H](NS(=O)(=O)Cc1ccccc1)c1ccccc1. The molecule has 0 saturated heterocycles. The maximum absolute atomic E-state index is 12.1. The van der Waals surface area contributed by atoms with Crippen molar-refractivity contribution >= 4 is 16.0 Å². The maximum atomic E-state index is 12.1. The zero-order chi connectivity index (χ0) is 15.3. The van der Waals surface area contributed by atoms with Gasteiger partial charge in [-0.25, -0.2) is 8.42 Å². The van der Waals surface area contributed by atoms with Crippen LogP contribution in [0.25, 0.3) is 0 Å². The van der Waals surface area contributed by atoms with Crippen LogP contribution in [0, 0.1) is 0 Å². The van der Waals surface area contributed by atoms with Gasteiger partial charge < -0.3 is 5.11 Å². The summed E-state index contributed by atoms with van der Waals surface area (Å²) in [4.78, 5) is 11.3. The van der Waals surface area contributed by atoms with Gasteiger partial charge in [-0.2, -0.15) is 4.72 Å². The Morgan fingerprint density at radius 1 is 1.00 bits per heavy atom. The van der Waals surface area contributed by atoms with Gasteiger partial charge in [0.25, 0.3) is 0 Å². The first-order valence-electron chi connectivity index (χ1n) is 6.29. The van der Waals surface area contributed by atoms with Crippen molar-refractivity contribution < 1.29 is 18.3 Å². The van der Waals surface area contributed by atoms with Gasteiger partial charge in [-0.3, -0.25) is 4.79 Å². The molecule has 2 N–H and O–H groups in total. The Labute approximate surface area is 123 Å². The van der Waals surface area contributed by atoms with E-state index in [2.05, 4.69) is 4.72 Å². The van der Waals surface area contributed by atoms with Gasteiger partial charge in [-0.05, 0) is 11.1 Å². The van der Waals surface area contributed by atoms with Crippen molar-refractivity contribution in [1.29, 1.82) is 0 Å². The second-order valence-corrected chi connectivity index (χ2v) is 6.30. The summed E-state index contributed by atoms with van der Waals surface area (Å²) >= 11 is 0. The van der Waals surface area contributed by atoms with Gasteiger partial charge in [0.2, 0.25) is 10.0 Å². The Hall–Kier alpha value is -2.18. The monoisotopic (exact) mass is 305 g/mol. The van der Waals surface area contributed by atoms with Crippen LogP contribution in [0.3, 0.4) is 0 Å². The van der Waals surface area contributed by atoms with Gasteiger partial charge in [0.15, 0.2) is 0 Å². The van der Waals surface area contributed by atoms with Crippen molar-refractivity contribution in [1.82, 2.24) is 4.72 Å². The Kier molecular flexibility index (Phi) is 4.72. The van der Waals surface area contributed by atoms with E-state index in [-0.39, 0.29) is 5.75 Å². The summed E-state index contributed by atoms with van der Waals surface area (Å²) < 4.78 is 26.5. The zero-order valence-corrected chi connectivity index (χ0v) is 12.0. The van der Waals surface area contributed by atoms with Crippen LogP contribution >= 0.6 is 0 Å². The summed E-state index contributed by atoms with van der Waals surface area (Å²) in [7, 11) is -3.76. The highest BCUT2D eigenvalue weighted by atomic mass is 32.2. The molecule has 21 heavy (non-hydrogen) atoms. The Morgan fingerprint density at radius 2 is 1.52 bits per heavy atom. The maximum Gasteiger partial charge on any atom is 0.326 e. The second-order valence-electron chi connectivity index (χ2n) is 4.54. The summed E-state index contributed by atoms with van der Waals surface area (Å²) in [5, 5.41) is 9.23. The molecule has 0 bridgehead atoms. The molecule has 0 radical (unpaired) electrons. The Morgan fingerprint density at radius 3 is 2.05 bits per heavy atom. The van der Waals surface area contributed by atoms with E-state index in [4.69, 9.17) is 0 Å². The summed E-state index contributed by atoms with van der Waals surface area (Å²) in [6.07, 6.45) is 0. The summed E-state index contributed by atoms with van der Waals surface area (Å²) in [5.74, 6) is -1.50. The third-order valence-corrected chi connectivity index (χ3v) is 4.18. The molecule has 0 aliphatic heterocycles. The first-order chi connectivity index (χ1) is 9.98. The number of nitrogens with one attached hydrogen (secondary N) is 1. The van der Waals surface area contributed by atoms with E-state index in [1.807, 2.05) is 0 Å². The molecule has 0 spiro atoms. The van der Waals surface area contributed by atoms with E-state index in [1.165, 1.54) is 0 Å². The molecule has 2 aromatic rings. The van der Waals surface area contributed by atoms with E-state index < -0.39 is 22.0 Å². The van der Waals surface area contributed by atoms with E-state index in [1.54, 1.807) is 60.7 Å². The van der Waals surface area contributed by atoms with Crippen molar-refractivity contribution in [3.05, 3.63) is 71.8 Å². The van der Waals surface area contributed by atoms with Gasteiger partial charge in [0, 0.05) is 0 Å². The lowest BCUT2D eigenvalue weighted by molar-refractivity contribution is -0.139. The molecular weight excluding hydrogens is 290 g/mol. The van der Waals surface area contributed by atoms with Crippen molar-refractivity contribution in [2.75, 3.05) is 0 Å². The molecule has 0 aromatic heterocycles. The van der Waals surface area contributed by atoms with Crippen molar-refractivity contribution in [3.63, 3.8) is 0 Å².